The van der Waals surface area contributed by atoms with Gasteiger partial charge in [0.15, 0.2) is 0 Å². The van der Waals surface area contributed by atoms with Crippen molar-refractivity contribution < 1.29 is 9.47 Å². The first kappa shape index (κ1) is 19.8. The molecule has 2 aromatic carbocycles. The van der Waals surface area contributed by atoms with Crippen LogP contribution in [0, 0.1) is 13.8 Å². The highest BCUT2D eigenvalue weighted by molar-refractivity contribution is 5.81. The molecule has 28 heavy (non-hydrogen) atoms. The molecule has 0 aliphatic carbocycles. The van der Waals surface area contributed by atoms with Crippen LogP contribution in [0.1, 0.15) is 30.9 Å². The first-order chi connectivity index (χ1) is 13.4. The van der Waals surface area contributed by atoms with Gasteiger partial charge in [-0.25, -0.2) is 4.79 Å². The molecule has 0 N–H and O–H groups in total. The fraction of sp³-hybridized carbons (Fsp3) is 0.348. The number of hydrogen-bond donors (Lipinski definition) is 0. The lowest BCUT2D eigenvalue weighted by Crippen LogP contribution is -2.23. The lowest BCUT2D eigenvalue weighted by Gasteiger charge is -2.08. The van der Waals surface area contributed by atoms with Crippen molar-refractivity contribution in [1.82, 2.24) is 9.13 Å². The maximum Gasteiger partial charge on any atom is 0.333 e. The molecule has 0 bridgehead atoms. The summed E-state index contributed by atoms with van der Waals surface area (Å²) in [5.41, 5.74) is 4.96. The van der Waals surface area contributed by atoms with E-state index in [1.165, 1.54) is 11.1 Å². The minimum absolute atomic E-state index is 0.0245. The van der Waals surface area contributed by atoms with E-state index in [0.29, 0.717) is 13.2 Å². The predicted molar refractivity (Wildman–Crippen MR) is 114 cm³/mol. The van der Waals surface area contributed by atoms with Crippen LogP contribution in [-0.2, 0) is 6.54 Å². The summed E-state index contributed by atoms with van der Waals surface area (Å²) in [5, 5.41) is 0. The normalized spacial score (nSPS) is 11.0. The molecule has 1 heterocycles. The fourth-order valence-electron chi connectivity index (χ4n) is 3.33. The van der Waals surface area contributed by atoms with E-state index >= 15 is 0 Å². The molecule has 0 spiro atoms. The number of hydrogen-bond acceptors (Lipinski definition) is 3. The maximum absolute atomic E-state index is 12.9. The van der Waals surface area contributed by atoms with Crippen molar-refractivity contribution in [2.45, 2.75) is 40.2 Å². The van der Waals surface area contributed by atoms with E-state index in [1.807, 2.05) is 35.8 Å². The topological polar surface area (TPSA) is 45.4 Å². The molecule has 3 rings (SSSR count). The van der Waals surface area contributed by atoms with Gasteiger partial charge in [-0.3, -0.25) is 9.13 Å². The number of allylic oxidation sites excluding steroid dienone is 1. The molecule has 0 atom stereocenters. The van der Waals surface area contributed by atoms with Gasteiger partial charge in [0.2, 0.25) is 0 Å². The van der Waals surface area contributed by atoms with Gasteiger partial charge < -0.3 is 9.47 Å². The Hall–Kier alpha value is -2.95. The number of benzene rings is 2. The Bertz CT molecular complexity index is 1040. The molecule has 1 aromatic heterocycles. The van der Waals surface area contributed by atoms with Crippen LogP contribution in [0.2, 0.25) is 0 Å². The molecular formula is C23H28N2O3. The Morgan fingerprint density at radius 3 is 2.21 bits per heavy atom. The van der Waals surface area contributed by atoms with Crippen LogP contribution < -0.4 is 15.2 Å². The summed E-state index contributed by atoms with van der Waals surface area (Å²) >= 11 is 0. The summed E-state index contributed by atoms with van der Waals surface area (Å²) in [7, 11) is 1.64. The van der Waals surface area contributed by atoms with Crippen molar-refractivity contribution in [3.8, 4) is 11.5 Å². The van der Waals surface area contributed by atoms with Gasteiger partial charge in [-0.2, -0.15) is 0 Å². The minimum Gasteiger partial charge on any atom is -0.497 e. The zero-order valence-electron chi connectivity index (χ0n) is 17.1. The van der Waals surface area contributed by atoms with Crippen LogP contribution in [0.4, 0.5) is 0 Å². The van der Waals surface area contributed by atoms with Crippen molar-refractivity contribution in [2.75, 3.05) is 13.7 Å². The van der Waals surface area contributed by atoms with Crippen LogP contribution in [0.15, 0.2) is 47.8 Å². The number of methoxy groups -OCH3 is 1. The number of ether oxygens (including phenoxy) is 2. The number of imidazole rings is 1. The van der Waals surface area contributed by atoms with Gasteiger partial charge in [-0.15, -0.1) is 0 Å². The van der Waals surface area contributed by atoms with E-state index in [0.717, 1.165) is 41.1 Å². The van der Waals surface area contributed by atoms with E-state index in [4.69, 9.17) is 9.47 Å². The number of fused-ring (bicyclic) bond motifs is 1. The van der Waals surface area contributed by atoms with Crippen LogP contribution in [0.3, 0.4) is 0 Å². The monoisotopic (exact) mass is 380 g/mol. The molecule has 0 saturated carbocycles. The van der Waals surface area contributed by atoms with E-state index in [2.05, 4.69) is 32.6 Å². The van der Waals surface area contributed by atoms with E-state index in [1.54, 1.807) is 11.7 Å². The molecule has 0 unspecified atom stereocenters. The fourth-order valence-corrected chi connectivity index (χ4v) is 3.33. The maximum atomic E-state index is 12.9. The van der Waals surface area contributed by atoms with Crippen molar-refractivity contribution >= 4 is 16.7 Å². The molecule has 0 fully saturated rings. The third-order valence-electron chi connectivity index (χ3n) is 5.03. The van der Waals surface area contributed by atoms with E-state index < -0.39 is 0 Å². The minimum atomic E-state index is -0.0245. The van der Waals surface area contributed by atoms with Gasteiger partial charge >= 0.3 is 5.69 Å². The first-order valence-electron chi connectivity index (χ1n) is 9.57. The van der Waals surface area contributed by atoms with Crippen LogP contribution >= 0.6 is 0 Å². The lowest BCUT2D eigenvalue weighted by molar-refractivity contribution is 0.302. The Labute approximate surface area is 165 Å². The summed E-state index contributed by atoms with van der Waals surface area (Å²) in [6.07, 6.45) is 1.72. The second-order valence-corrected chi connectivity index (χ2v) is 7.16. The molecular weight excluding hydrogens is 352 g/mol. The average Bonchev–Trinajstić information content (AvgIpc) is 2.93. The molecule has 0 saturated heterocycles. The molecule has 5 heteroatoms. The van der Waals surface area contributed by atoms with Crippen LogP contribution in [0.5, 0.6) is 11.5 Å². The largest absolute Gasteiger partial charge is 0.497 e. The lowest BCUT2D eigenvalue weighted by atomic mass is 10.1. The Morgan fingerprint density at radius 1 is 1.00 bits per heavy atom. The highest BCUT2D eigenvalue weighted by Gasteiger charge is 2.14. The summed E-state index contributed by atoms with van der Waals surface area (Å²) in [6.45, 7) is 11.2. The van der Waals surface area contributed by atoms with Crippen LogP contribution in [0.25, 0.3) is 16.7 Å². The predicted octanol–water partition coefficient (Wildman–Crippen LogP) is 4.78. The molecule has 0 aliphatic rings. The van der Waals surface area contributed by atoms with Gasteiger partial charge in [-0.05, 0) is 81.1 Å². The zero-order valence-corrected chi connectivity index (χ0v) is 17.1. The van der Waals surface area contributed by atoms with Gasteiger partial charge in [-0.1, -0.05) is 6.58 Å². The van der Waals surface area contributed by atoms with E-state index in [-0.39, 0.29) is 5.69 Å². The number of nitrogens with zero attached hydrogens (tertiary/aromatic N) is 2. The second-order valence-electron chi connectivity index (χ2n) is 7.16. The zero-order chi connectivity index (χ0) is 20.3. The smallest absolute Gasteiger partial charge is 0.333 e. The molecule has 3 aromatic rings. The number of aryl methyl sites for hydroxylation is 3. The summed E-state index contributed by atoms with van der Waals surface area (Å²) < 4.78 is 14.5. The second kappa shape index (κ2) is 8.38. The molecule has 0 radical (unpaired) electrons. The highest BCUT2D eigenvalue weighted by atomic mass is 16.5. The third-order valence-corrected chi connectivity index (χ3v) is 5.03. The van der Waals surface area contributed by atoms with Gasteiger partial charge in [0.25, 0.3) is 0 Å². The van der Waals surface area contributed by atoms with Crippen molar-refractivity contribution in [3.05, 3.63) is 64.6 Å². The molecule has 0 amide bonds. The Kier molecular flexibility index (Phi) is 5.93. The number of aromatic nitrogens is 2. The Balaban J connectivity index is 1.68. The van der Waals surface area contributed by atoms with Gasteiger partial charge in [0, 0.05) is 12.2 Å². The summed E-state index contributed by atoms with van der Waals surface area (Å²) in [5.74, 6) is 1.63. The first-order valence-corrected chi connectivity index (χ1v) is 9.57. The summed E-state index contributed by atoms with van der Waals surface area (Å²) in [4.78, 5) is 12.9. The average molecular weight is 380 g/mol. The van der Waals surface area contributed by atoms with Gasteiger partial charge in [0.1, 0.15) is 11.5 Å². The SMILES string of the molecule is C=C(C)n1c(=O)n(CCCCOc2ccc(OC)cc2)c2cc(C)c(C)cc21. The third kappa shape index (κ3) is 3.98. The quantitative estimate of drug-likeness (QED) is 0.529. The van der Waals surface area contributed by atoms with Crippen LogP contribution in [-0.4, -0.2) is 22.9 Å². The molecule has 5 nitrogen and oxygen atoms in total. The standard InChI is InChI=1S/C23H28N2O3/c1-16(2)25-22-15-18(4)17(3)14-21(22)24(23(25)26)12-6-7-13-28-20-10-8-19(27-5)9-11-20/h8-11,14-15H,1,6-7,12-13H2,2-5H3. The van der Waals surface area contributed by atoms with Crippen molar-refractivity contribution in [3.63, 3.8) is 0 Å². The van der Waals surface area contributed by atoms with Gasteiger partial charge in [0.05, 0.1) is 24.8 Å². The highest BCUT2D eigenvalue weighted by Crippen LogP contribution is 2.21. The molecule has 148 valence electrons. The number of rotatable bonds is 8. The number of unbranched alkanes of at least 4 members (excludes halogenated alkanes) is 1. The van der Waals surface area contributed by atoms with Crippen molar-refractivity contribution in [1.29, 1.82) is 0 Å². The summed E-state index contributed by atoms with van der Waals surface area (Å²) in [6, 6.07) is 11.7. The molecule has 0 aliphatic heterocycles. The van der Waals surface area contributed by atoms with E-state index in [9.17, 15) is 4.79 Å². The van der Waals surface area contributed by atoms with Crippen molar-refractivity contribution in [2.24, 2.45) is 0 Å². The Morgan fingerprint density at radius 2 is 1.61 bits per heavy atom.